The summed E-state index contributed by atoms with van der Waals surface area (Å²) < 4.78 is 24.6. The third kappa shape index (κ3) is 4.33. The lowest BCUT2D eigenvalue weighted by Gasteiger charge is -2.08. The Hall–Kier alpha value is -3.52. The molecule has 0 fully saturated rings. The molecule has 0 atom stereocenters. The summed E-state index contributed by atoms with van der Waals surface area (Å²) in [5, 5.41) is 2.79. The predicted molar refractivity (Wildman–Crippen MR) is 112 cm³/mol. The molecule has 0 radical (unpaired) electrons. The van der Waals surface area contributed by atoms with Crippen LogP contribution in [0.3, 0.4) is 0 Å². The molecule has 0 saturated heterocycles. The van der Waals surface area contributed by atoms with Crippen LogP contribution in [0.4, 0.5) is 5.69 Å². The van der Waals surface area contributed by atoms with Crippen molar-refractivity contribution in [2.45, 2.75) is 5.75 Å². The van der Waals surface area contributed by atoms with Crippen LogP contribution in [-0.2, 0) is 15.6 Å². The highest BCUT2D eigenvalue weighted by Crippen LogP contribution is 2.18. The fourth-order valence-corrected chi connectivity index (χ4v) is 3.80. The number of benzene rings is 2. The van der Waals surface area contributed by atoms with E-state index in [1.807, 2.05) is 28.8 Å². The zero-order chi connectivity index (χ0) is 20.4. The Morgan fingerprint density at radius 1 is 1.00 bits per heavy atom. The van der Waals surface area contributed by atoms with Crippen LogP contribution in [0.15, 0.2) is 73.2 Å². The van der Waals surface area contributed by atoms with Gasteiger partial charge in [-0.2, -0.15) is 0 Å². The summed E-state index contributed by atoms with van der Waals surface area (Å²) >= 11 is 0. The summed E-state index contributed by atoms with van der Waals surface area (Å²) in [6.45, 7) is 0. The largest absolute Gasteiger partial charge is 0.321 e. The van der Waals surface area contributed by atoms with Crippen molar-refractivity contribution in [3.05, 3.63) is 84.3 Å². The van der Waals surface area contributed by atoms with Crippen LogP contribution in [0, 0.1) is 0 Å². The van der Waals surface area contributed by atoms with Crippen molar-refractivity contribution in [1.29, 1.82) is 0 Å². The molecule has 2 aromatic carbocycles. The van der Waals surface area contributed by atoms with Gasteiger partial charge in [0.1, 0.15) is 12.1 Å². The molecule has 1 amide bonds. The number of para-hydroxylation sites is 2. The SMILES string of the molecule is CS(=O)(=O)Cc1ccc(C(=O)Nc2ccc(-n3cnc4ccccc43)nc2)cc1. The summed E-state index contributed by atoms with van der Waals surface area (Å²) in [4.78, 5) is 21.2. The first-order chi connectivity index (χ1) is 13.9. The summed E-state index contributed by atoms with van der Waals surface area (Å²) in [7, 11) is -3.11. The Labute approximate surface area is 168 Å². The highest BCUT2D eigenvalue weighted by molar-refractivity contribution is 7.89. The highest BCUT2D eigenvalue weighted by Gasteiger charge is 2.10. The number of aromatic nitrogens is 3. The molecule has 2 aromatic heterocycles. The van der Waals surface area contributed by atoms with Gasteiger partial charge in [0.25, 0.3) is 5.91 Å². The van der Waals surface area contributed by atoms with Gasteiger partial charge in [-0.1, -0.05) is 24.3 Å². The van der Waals surface area contributed by atoms with E-state index in [1.165, 1.54) is 6.26 Å². The van der Waals surface area contributed by atoms with Crippen molar-refractivity contribution in [2.75, 3.05) is 11.6 Å². The van der Waals surface area contributed by atoms with E-state index in [4.69, 9.17) is 0 Å². The topological polar surface area (TPSA) is 94.0 Å². The standard InChI is InChI=1S/C21H18N4O3S/c1-29(27,28)13-15-6-8-16(9-7-15)21(26)24-17-10-11-20(22-12-17)25-14-23-18-4-2-3-5-19(18)25/h2-12,14H,13H2,1H3,(H,24,26). The summed E-state index contributed by atoms with van der Waals surface area (Å²) in [6, 6.07) is 17.8. The van der Waals surface area contributed by atoms with E-state index in [1.54, 1.807) is 48.9 Å². The average molecular weight is 406 g/mol. The molecule has 0 bridgehead atoms. The zero-order valence-electron chi connectivity index (χ0n) is 15.6. The van der Waals surface area contributed by atoms with Crippen molar-refractivity contribution < 1.29 is 13.2 Å². The number of sulfone groups is 1. The van der Waals surface area contributed by atoms with E-state index in [2.05, 4.69) is 15.3 Å². The van der Waals surface area contributed by atoms with Crippen LogP contribution in [0.2, 0.25) is 0 Å². The second-order valence-electron chi connectivity index (χ2n) is 6.73. The number of amides is 1. The van der Waals surface area contributed by atoms with Gasteiger partial charge in [0.2, 0.25) is 0 Å². The van der Waals surface area contributed by atoms with Crippen LogP contribution < -0.4 is 5.32 Å². The van der Waals surface area contributed by atoms with Crippen LogP contribution in [0.5, 0.6) is 0 Å². The molecule has 2 heterocycles. The Bertz CT molecular complexity index is 1280. The monoisotopic (exact) mass is 406 g/mol. The lowest BCUT2D eigenvalue weighted by molar-refractivity contribution is 0.102. The number of carbonyl (C=O) groups is 1. The molecular weight excluding hydrogens is 388 g/mol. The number of nitrogens with zero attached hydrogens (tertiary/aromatic N) is 3. The molecule has 0 unspecified atom stereocenters. The summed E-state index contributed by atoms with van der Waals surface area (Å²) in [5.74, 6) is 0.351. The third-order valence-electron chi connectivity index (χ3n) is 4.35. The maximum atomic E-state index is 12.4. The molecule has 0 aliphatic rings. The number of carbonyl (C=O) groups excluding carboxylic acids is 1. The highest BCUT2D eigenvalue weighted by atomic mass is 32.2. The number of hydrogen-bond acceptors (Lipinski definition) is 5. The minimum absolute atomic E-state index is 0.0524. The van der Waals surface area contributed by atoms with Gasteiger partial charge < -0.3 is 5.32 Å². The number of pyridine rings is 1. The van der Waals surface area contributed by atoms with E-state index < -0.39 is 9.84 Å². The van der Waals surface area contributed by atoms with Gasteiger partial charge >= 0.3 is 0 Å². The maximum absolute atomic E-state index is 12.4. The van der Waals surface area contributed by atoms with Crippen molar-refractivity contribution in [1.82, 2.24) is 14.5 Å². The van der Waals surface area contributed by atoms with Gasteiger partial charge in [-0.25, -0.2) is 18.4 Å². The number of anilines is 1. The molecule has 7 nitrogen and oxygen atoms in total. The van der Waals surface area contributed by atoms with Crippen LogP contribution in [0.25, 0.3) is 16.9 Å². The summed E-state index contributed by atoms with van der Waals surface area (Å²) in [6.07, 6.45) is 4.47. The van der Waals surface area contributed by atoms with E-state index in [0.717, 1.165) is 11.0 Å². The minimum Gasteiger partial charge on any atom is -0.321 e. The first-order valence-electron chi connectivity index (χ1n) is 8.86. The van der Waals surface area contributed by atoms with Gasteiger partial charge in [0.05, 0.1) is 28.7 Å². The fourth-order valence-electron chi connectivity index (χ4n) is 3.00. The minimum atomic E-state index is -3.11. The maximum Gasteiger partial charge on any atom is 0.255 e. The summed E-state index contributed by atoms with van der Waals surface area (Å²) in [5.41, 5.74) is 3.47. The van der Waals surface area contributed by atoms with Crippen LogP contribution >= 0.6 is 0 Å². The second kappa shape index (κ2) is 7.48. The molecule has 4 aromatic rings. The Kier molecular flexibility index (Phi) is 4.85. The number of fused-ring (bicyclic) bond motifs is 1. The zero-order valence-corrected chi connectivity index (χ0v) is 16.4. The molecule has 1 N–H and O–H groups in total. The smallest absolute Gasteiger partial charge is 0.255 e. The van der Waals surface area contributed by atoms with Crippen LogP contribution in [-0.4, -0.2) is 35.1 Å². The Balaban J connectivity index is 1.48. The Morgan fingerprint density at radius 2 is 1.76 bits per heavy atom. The fraction of sp³-hybridized carbons (Fsp3) is 0.0952. The number of nitrogens with one attached hydrogen (secondary N) is 1. The molecule has 0 aliphatic carbocycles. The average Bonchev–Trinajstić information content (AvgIpc) is 3.12. The van der Waals surface area contributed by atoms with Gasteiger partial charge in [-0.05, 0) is 42.0 Å². The lowest BCUT2D eigenvalue weighted by Crippen LogP contribution is -2.12. The van der Waals surface area contributed by atoms with Gasteiger partial charge in [-0.15, -0.1) is 0 Å². The number of hydrogen-bond donors (Lipinski definition) is 1. The Morgan fingerprint density at radius 3 is 2.45 bits per heavy atom. The normalized spacial score (nSPS) is 11.5. The second-order valence-corrected chi connectivity index (χ2v) is 8.87. The van der Waals surface area contributed by atoms with Crippen molar-refractivity contribution in [3.8, 4) is 5.82 Å². The number of rotatable bonds is 5. The van der Waals surface area contributed by atoms with Crippen LogP contribution in [0.1, 0.15) is 15.9 Å². The van der Waals surface area contributed by atoms with Crippen molar-refractivity contribution in [2.24, 2.45) is 0 Å². The van der Waals surface area contributed by atoms with E-state index >= 15 is 0 Å². The van der Waals surface area contributed by atoms with Gasteiger partial charge in [-0.3, -0.25) is 9.36 Å². The molecule has 4 rings (SSSR count). The first-order valence-corrected chi connectivity index (χ1v) is 10.9. The molecular formula is C21H18N4O3S. The van der Waals surface area contributed by atoms with Crippen molar-refractivity contribution in [3.63, 3.8) is 0 Å². The first kappa shape index (κ1) is 18.8. The van der Waals surface area contributed by atoms with E-state index in [9.17, 15) is 13.2 Å². The van der Waals surface area contributed by atoms with Gasteiger partial charge in [0, 0.05) is 11.8 Å². The predicted octanol–water partition coefficient (Wildman–Crippen LogP) is 3.22. The molecule has 0 aliphatic heterocycles. The molecule has 146 valence electrons. The molecule has 8 heteroatoms. The lowest BCUT2D eigenvalue weighted by atomic mass is 10.1. The van der Waals surface area contributed by atoms with Crippen molar-refractivity contribution >= 4 is 32.5 Å². The number of imidazole rings is 1. The quantitative estimate of drug-likeness (QED) is 0.549. The molecule has 0 spiro atoms. The van der Waals surface area contributed by atoms with E-state index in [-0.39, 0.29) is 11.7 Å². The molecule has 29 heavy (non-hydrogen) atoms. The molecule has 0 saturated carbocycles. The van der Waals surface area contributed by atoms with E-state index in [0.29, 0.717) is 22.6 Å². The van der Waals surface area contributed by atoms with Gasteiger partial charge in [0.15, 0.2) is 9.84 Å². The third-order valence-corrected chi connectivity index (χ3v) is 5.21.